The molecule has 0 bridgehead atoms. The number of hydrogen-bond acceptors (Lipinski definition) is 3. The fourth-order valence-electron chi connectivity index (χ4n) is 2.06. The van der Waals surface area contributed by atoms with Crippen LogP contribution >= 0.6 is 0 Å². The molecule has 0 aliphatic heterocycles. The molecule has 2 rings (SSSR count). The number of rotatable bonds is 3. The van der Waals surface area contributed by atoms with Crippen LogP contribution in [0.2, 0.25) is 0 Å². The third-order valence-electron chi connectivity index (χ3n) is 2.99. The molecule has 0 saturated carbocycles. The van der Waals surface area contributed by atoms with Crippen LogP contribution in [0.1, 0.15) is 5.56 Å². The van der Waals surface area contributed by atoms with Crippen LogP contribution in [-0.4, -0.2) is 19.3 Å². The van der Waals surface area contributed by atoms with Crippen molar-refractivity contribution in [2.45, 2.75) is 6.92 Å². The van der Waals surface area contributed by atoms with Crippen molar-refractivity contribution >= 4 is 0 Å². The summed E-state index contributed by atoms with van der Waals surface area (Å²) in [7, 11) is 3.08. The van der Waals surface area contributed by atoms with Crippen molar-refractivity contribution in [3.63, 3.8) is 0 Å². The monoisotopic (exact) mass is 262 g/mol. The topological polar surface area (TPSA) is 38.7 Å². The van der Waals surface area contributed by atoms with E-state index in [-0.39, 0.29) is 5.75 Å². The first kappa shape index (κ1) is 13.2. The molecule has 19 heavy (non-hydrogen) atoms. The summed E-state index contributed by atoms with van der Waals surface area (Å²) in [5.41, 5.74) is 2.13. The lowest BCUT2D eigenvalue weighted by Gasteiger charge is -2.14. The number of aromatic hydroxyl groups is 1. The molecule has 0 radical (unpaired) electrons. The van der Waals surface area contributed by atoms with Crippen LogP contribution in [0, 0.1) is 12.7 Å². The van der Waals surface area contributed by atoms with E-state index in [1.807, 2.05) is 6.07 Å². The molecule has 0 aliphatic carbocycles. The number of methoxy groups -OCH3 is 2. The first-order valence-corrected chi connectivity index (χ1v) is 5.79. The molecule has 100 valence electrons. The van der Waals surface area contributed by atoms with Crippen LogP contribution in [0.3, 0.4) is 0 Å². The first-order valence-electron chi connectivity index (χ1n) is 5.79. The molecule has 0 heterocycles. The van der Waals surface area contributed by atoms with E-state index in [0.29, 0.717) is 17.1 Å². The van der Waals surface area contributed by atoms with E-state index in [9.17, 15) is 9.50 Å². The molecule has 0 amide bonds. The Morgan fingerprint density at radius 3 is 2.42 bits per heavy atom. The summed E-state index contributed by atoms with van der Waals surface area (Å²) in [5.74, 6) is 0.0969. The maximum absolute atomic E-state index is 13.5. The molecule has 0 aliphatic rings. The highest BCUT2D eigenvalue weighted by Crippen LogP contribution is 2.40. The van der Waals surface area contributed by atoms with E-state index in [0.717, 1.165) is 11.1 Å². The Morgan fingerprint density at radius 2 is 1.79 bits per heavy atom. The molecule has 3 nitrogen and oxygen atoms in total. The normalized spacial score (nSPS) is 10.3. The maximum Gasteiger partial charge on any atom is 0.168 e. The van der Waals surface area contributed by atoms with E-state index in [1.54, 1.807) is 26.2 Å². The van der Waals surface area contributed by atoms with Crippen LogP contribution in [0.4, 0.5) is 4.39 Å². The number of phenols is 1. The molecule has 0 spiro atoms. The van der Waals surface area contributed by atoms with Crippen molar-refractivity contribution in [3.8, 4) is 28.4 Å². The quantitative estimate of drug-likeness (QED) is 0.919. The summed E-state index contributed by atoms with van der Waals surface area (Å²) in [6.07, 6.45) is 0. The molecule has 0 atom stereocenters. The first-order chi connectivity index (χ1) is 9.08. The smallest absolute Gasteiger partial charge is 0.168 e. The lowest BCUT2D eigenvalue weighted by Crippen LogP contribution is -1.95. The minimum atomic E-state index is -0.662. The minimum absolute atomic E-state index is 0.358. The third kappa shape index (κ3) is 2.34. The van der Waals surface area contributed by atoms with Gasteiger partial charge in [-0.25, -0.2) is 4.39 Å². The molecule has 2 aromatic carbocycles. The molecule has 2 aromatic rings. The number of aryl methyl sites for hydroxylation is 1. The van der Waals surface area contributed by atoms with Crippen molar-refractivity contribution in [2.24, 2.45) is 0 Å². The van der Waals surface area contributed by atoms with Gasteiger partial charge in [-0.2, -0.15) is 0 Å². The number of phenolic OH excluding ortho intramolecular Hbond substituents is 1. The minimum Gasteiger partial charge on any atom is -0.505 e. The molecule has 0 fully saturated rings. The molecule has 0 unspecified atom stereocenters. The van der Waals surface area contributed by atoms with Crippen LogP contribution in [0.5, 0.6) is 17.2 Å². The van der Waals surface area contributed by atoms with E-state index in [2.05, 4.69) is 0 Å². The van der Waals surface area contributed by atoms with E-state index in [1.165, 1.54) is 19.2 Å². The van der Waals surface area contributed by atoms with Crippen LogP contribution in [0.25, 0.3) is 11.1 Å². The number of hydrogen-bond donors (Lipinski definition) is 1. The Bertz CT molecular complexity index is 609. The van der Waals surface area contributed by atoms with Crippen molar-refractivity contribution in [1.29, 1.82) is 0 Å². The summed E-state index contributed by atoms with van der Waals surface area (Å²) >= 11 is 0. The highest BCUT2D eigenvalue weighted by Gasteiger charge is 2.15. The lowest BCUT2D eigenvalue weighted by atomic mass is 9.99. The largest absolute Gasteiger partial charge is 0.505 e. The highest BCUT2D eigenvalue weighted by atomic mass is 19.1. The van der Waals surface area contributed by atoms with Gasteiger partial charge in [0, 0.05) is 5.56 Å². The average Bonchev–Trinajstić information content (AvgIpc) is 2.41. The Hall–Kier alpha value is -2.23. The van der Waals surface area contributed by atoms with Gasteiger partial charge in [0.1, 0.15) is 0 Å². The predicted octanol–water partition coefficient (Wildman–Crippen LogP) is 3.52. The average molecular weight is 262 g/mol. The summed E-state index contributed by atoms with van der Waals surface area (Å²) in [4.78, 5) is 0. The number of ether oxygens (including phenoxy) is 2. The summed E-state index contributed by atoms with van der Waals surface area (Å²) in [6, 6.07) is 8.08. The second-order valence-electron chi connectivity index (χ2n) is 4.16. The Balaban J connectivity index is 2.68. The zero-order valence-corrected chi connectivity index (χ0v) is 11.0. The highest BCUT2D eigenvalue weighted by molar-refractivity contribution is 5.76. The van der Waals surface area contributed by atoms with Crippen molar-refractivity contribution in [1.82, 2.24) is 0 Å². The van der Waals surface area contributed by atoms with Crippen molar-refractivity contribution < 1.29 is 19.0 Å². The molecule has 0 saturated heterocycles. The van der Waals surface area contributed by atoms with Gasteiger partial charge in [0.2, 0.25) is 0 Å². The fraction of sp³-hybridized carbons (Fsp3) is 0.200. The summed E-state index contributed by atoms with van der Waals surface area (Å²) < 4.78 is 24.1. The van der Waals surface area contributed by atoms with E-state index < -0.39 is 5.82 Å². The van der Waals surface area contributed by atoms with Gasteiger partial charge in [-0.05, 0) is 36.2 Å². The summed E-state index contributed by atoms with van der Waals surface area (Å²) in [6.45, 7) is 1.80. The molecular formula is C15H15FO3. The van der Waals surface area contributed by atoms with Crippen LogP contribution in [-0.2, 0) is 0 Å². The van der Waals surface area contributed by atoms with Gasteiger partial charge in [-0.15, -0.1) is 0 Å². The third-order valence-corrected chi connectivity index (χ3v) is 2.99. The van der Waals surface area contributed by atoms with Crippen molar-refractivity contribution in [3.05, 3.63) is 41.7 Å². The van der Waals surface area contributed by atoms with Gasteiger partial charge in [-0.1, -0.05) is 12.1 Å². The van der Waals surface area contributed by atoms with Gasteiger partial charge < -0.3 is 14.6 Å². The zero-order valence-electron chi connectivity index (χ0n) is 11.0. The van der Waals surface area contributed by atoms with Gasteiger partial charge in [0.15, 0.2) is 23.1 Å². The van der Waals surface area contributed by atoms with Crippen LogP contribution in [0.15, 0.2) is 30.3 Å². The van der Waals surface area contributed by atoms with E-state index >= 15 is 0 Å². The maximum atomic E-state index is 13.5. The fourth-order valence-corrected chi connectivity index (χ4v) is 2.06. The predicted molar refractivity (Wildman–Crippen MR) is 71.3 cm³/mol. The second-order valence-corrected chi connectivity index (χ2v) is 4.16. The standard InChI is InChI=1S/C15H15FO3/c1-9-7-13(17)12(16)8-11(9)10-5-4-6-14(18-2)15(10)19-3/h4-8,17H,1-3H3. The number of para-hydroxylation sites is 1. The van der Waals surface area contributed by atoms with Crippen LogP contribution < -0.4 is 9.47 Å². The van der Waals surface area contributed by atoms with Gasteiger partial charge in [0.25, 0.3) is 0 Å². The van der Waals surface area contributed by atoms with Gasteiger partial charge >= 0.3 is 0 Å². The van der Waals surface area contributed by atoms with Gasteiger partial charge in [-0.3, -0.25) is 0 Å². The Labute approximate surface area is 111 Å². The molecule has 0 aromatic heterocycles. The molecule has 4 heteroatoms. The zero-order chi connectivity index (χ0) is 14.0. The number of benzene rings is 2. The van der Waals surface area contributed by atoms with E-state index in [4.69, 9.17) is 9.47 Å². The van der Waals surface area contributed by atoms with Gasteiger partial charge in [0.05, 0.1) is 14.2 Å². The summed E-state index contributed by atoms with van der Waals surface area (Å²) in [5, 5.41) is 9.37. The molecular weight excluding hydrogens is 247 g/mol. The lowest BCUT2D eigenvalue weighted by molar-refractivity contribution is 0.356. The Morgan fingerprint density at radius 1 is 1.05 bits per heavy atom. The Kier molecular flexibility index (Phi) is 3.60. The number of halogens is 1. The second kappa shape index (κ2) is 5.18. The SMILES string of the molecule is COc1cccc(-c2cc(F)c(O)cc2C)c1OC. The molecule has 1 N–H and O–H groups in total. The van der Waals surface area contributed by atoms with Crippen molar-refractivity contribution in [2.75, 3.05) is 14.2 Å².